The van der Waals surface area contributed by atoms with E-state index in [0.29, 0.717) is 32.2 Å². The van der Waals surface area contributed by atoms with Gasteiger partial charge in [0.15, 0.2) is 23.1 Å². The molecule has 8 heteroatoms. The molecule has 176 valence electrons. The molecule has 0 atom stereocenters. The topological polar surface area (TPSA) is 81.9 Å². The monoisotopic (exact) mass is 485 g/mol. The summed E-state index contributed by atoms with van der Waals surface area (Å²) in [6.07, 6.45) is 1.75. The number of nitrogens with one attached hydrogen (secondary N) is 1. The Kier molecular flexibility index (Phi) is 5.96. The zero-order valence-corrected chi connectivity index (χ0v) is 20.3. The van der Waals surface area contributed by atoms with Crippen molar-refractivity contribution in [3.63, 3.8) is 0 Å². The van der Waals surface area contributed by atoms with Gasteiger partial charge in [-0.3, -0.25) is 9.59 Å². The Morgan fingerprint density at radius 2 is 1.86 bits per heavy atom. The number of para-hydroxylation sites is 2. The fraction of sp³-hybridized carbons (Fsp3) is 0.148. The number of amides is 1. The summed E-state index contributed by atoms with van der Waals surface area (Å²) >= 11 is 1.31. The first-order chi connectivity index (χ1) is 16.9. The van der Waals surface area contributed by atoms with Crippen molar-refractivity contribution in [2.24, 2.45) is 0 Å². The van der Waals surface area contributed by atoms with Crippen LogP contribution in [-0.2, 0) is 4.79 Å². The number of thiazole rings is 1. The SMILES string of the molecule is COc1cccc(/C=c2\sc3nc4cc(C)c(C)cc4n3c2=O)c1OCC(=O)Nc1ccccc1. The third-order valence-corrected chi connectivity index (χ3v) is 6.74. The summed E-state index contributed by atoms with van der Waals surface area (Å²) in [7, 11) is 1.53. The van der Waals surface area contributed by atoms with E-state index in [1.807, 2.05) is 56.3 Å². The van der Waals surface area contributed by atoms with E-state index in [4.69, 9.17) is 9.47 Å². The van der Waals surface area contributed by atoms with Crippen LogP contribution in [0.2, 0.25) is 0 Å². The Morgan fingerprint density at radius 1 is 1.09 bits per heavy atom. The summed E-state index contributed by atoms with van der Waals surface area (Å²) in [4.78, 5) is 31.0. The first-order valence-electron chi connectivity index (χ1n) is 11.0. The maximum Gasteiger partial charge on any atom is 0.274 e. The molecule has 0 saturated heterocycles. The molecule has 1 amide bonds. The zero-order valence-electron chi connectivity index (χ0n) is 19.5. The van der Waals surface area contributed by atoms with Crippen molar-refractivity contribution in [2.45, 2.75) is 13.8 Å². The number of imidazole rings is 1. The van der Waals surface area contributed by atoms with Gasteiger partial charge < -0.3 is 14.8 Å². The van der Waals surface area contributed by atoms with Crippen LogP contribution in [0.1, 0.15) is 16.7 Å². The van der Waals surface area contributed by atoms with Gasteiger partial charge in [-0.2, -0.15) is 0 Å². The first-order valence-corrected chi connectivity index (χ1v) is 11.8. The standard InChI is InChI=1S/C27H23N3O4S/c1-16-12-20-21(13-17(16)2)30-26(32)23(35-27(30)29-20)14-18-8-7-11-22(33-3)25(18)34-15-24(31)28-19-9-5-4-6-10-19/h4-14H,15H2,1-3H3,(H,28,31)/b23-14-. The van der Waals surface area contributed by atoms with Crippen molar-refractivity contribution in [1.29, 1.82) is 0 Å². The maximum atomic E-state index is 13.3. The third-order valence-electron chi connectivity index (χ3n) is 5.78. The molecule has 0 aliphatic rings. The number of ether oxygens (including phenoxy) is 2. The summed E-state index contributed by atoms with van der Waals surface area (Å²) in [5.41, 5.74) is 5.01. The molecular weight excluding hydrogens is 462 g/mol. The normalized spacial score (nSPS) is 11.8. The maximum absolute atomic E-state index is 13.3. The van der Waals surface area contributed by atoms with E-state index in [1.54, 1.807) is 28.7 Å². The number of rotatable bonds is 6. The van der Waals surface area contributed by atoms with Gasteiger partial charge in [0.05, 0.1) is 22.7 Å². The van der Waals surface area contributed by atoms with Crippen LogP contribution < -0.4 is 24.9 Å². The second-order valence-corrected chi connectivity index (χ2v) is 9.16. The van der Waals surface area contributed by atoms with Crippen molar-refractivity contribution in [3.05, 3.63) is 92.2 Å². The van der Waals surface area contributed by atoms with Crippen molar-refractivity contribution in [3.8, 4) is 11.5 Å². The number of hydrogen-bond acceptors (Lipinski definition) is 6. The Morgan fingerprint density at radius 3 is 2.63 bits per heavy atom. The molecule has 0 radical (unpaired) electrons. The van der Waals surface area contributed by atoms with E-state index in [2.05, 4.69) is 10.3 Å². The average molecular weight is 486 g/mol. The smallest absolute Gasteiger partial charge is 0.274 e. The predicted octanol–water partition coefficient (Wildman–Crippen LogP) is 4.10. The number of nitrogens with zero attached hydrogens (tertiary/aromatic N) is 2. The molecule has 0 saturated carbocycles. The molecule has 0 spiro atoms. The van der Waals surface area contributed by atoms with Crippen molar-refractivity contribution < 1.29 is 14.3 Å². The molecule has 0 aliphatic heterocycles. The lowest BCUT2D eigenvalue weighted by molar-refractivity contribution is -0.118. The zero-order chi connectivity index (χ0) is 24.5. The Hall–Kier alpha value is -4.17. The highest BCUT2D eigenvalue weighted by Crippen LogP contribution is 2.32. The number of methoxy groups -OCH3 is 1. The van der Waals surface area contributed by atoms with E-state index in [1.165, 1.54) is 18.4 Å². The second kappa shape index (κ2) is 9.23. The number of benzene rings is 3. The summed E-state index contributed by atoms with van der Waals surface area (Å²) in [6, 6.07) is 18.5. The Bertz CT molecular complexity index is 1670. The molecule has 0 aliphatic carbocycles. The van der Waals surface area contributed by atoms with E-state index < -0.39 is 0 Å². The molecule has 7 nitrogen and oxygen atoms in total. The fourth-order valence-electron chi connectivity index (χ4n) is 3.88. The highest BCUT2D eigenvalue weighted by molar-refractivity contribution is 7.15. The quantitative estimate of drug-likeness (QED) is 0.392. The number of aryl methyl sites for hydroxylation is 2. The highest BCUT2D eigenvalue weighted by Gasteiger charge is 2.15. The van der Waals surface area contributed by atoms with Gasteiger partial charge in [-0.1, -0.05) is 41.7 Å². The molecule has 0 bridgehead atoms. The molecule has 5 aromatic rings. The lowest BCUT2D eigenvalue weighted by atomic mass is 10.1. The number of aromatic nitrogens is 2. The van der Waals surface area contributed by atoms with Crippen LogP contribution in [0.25, 0.3) is 22.1 Å². The summed E-state index contributed by atoms with van der Waals surface area (Å²) < 4.78 is 13.5. The molecular formula is C27H23N3O4S. The second-order valence-electron chi connectivity index (χ2n) is 8.15. The van der Waals surface area contributed by atoms with Crippen molar-refractivity contribution in [1.82, 2.24) is 9.38 Å². The predicted molar refractivity (Wildman–Crippen MR) is 139 cm³/mol. The van der Waals surface area contributed by atoms with Gasteiger partial charge in [0.2, 0.25) is 0 Å². The Labute approximate surface area is 205 Å². The van der Waals surface area contributed by atoms with Gasteiger partial charge in [-0.15, -0.1) is 0 Å². The number of fused-ring (bicyclic) bond motifs is 3. The van der Waals surface area contributed by atoms with Crippen LogP contribution in [0.15, 0.2) is 65.5 Å². The molecule has 35 heavy (non-hydrogen) atoms. The first kappa shape index (κ1) is 22.6. The molecule has 3 aromatic carbocycles. The lowest BCUT2D eigenvalue weighted by Gasteiger charge is -2.13. The van der Waals surface area contributed by atoms with Crippen LogP contribution in [-0.4, -0.2) is 29.0 Å². The minimum atomic E-state index is -0.302. The van der Waals surface area contributed by atoms with Crippen molar-refractivity contribution >= 4 is 45.0 Å². The van der Waals surface area contributed by atoms with E-state index in [-0.39, 0.29) is 18.1 Å². The van der Waals surface area contributed by atoms with Gasteiger partial charge in [0, 0.05) is 11.3 Å². The van der Waals surface area contributed by atoms with Gasteiger partial charge in [-0.25, -0.2) is 9.38 Å². The molecule has 0 unspecified atom stereocenters. The minimum Gasteiger partial charge on any atom is -0.493 e. The van der Waals surface area contributed by atoms with Gasteiger partial charge >= 0.3 is 0 Å². The summed E-state index contributed by atoms with van der Waals surface area (Å²) in [5.74, 6) is 0.556. The van der Waals surface area contributed by atoms with Gasteiger partial charge in [-0.05, 0) is 61.4 Å². The molecule has 2 heterocycles. The molecule has 1 N–H and O–H groups in total. The van der Waals surface area contributed by atoms with Crippen molar-refractivity contribution in [2.75, 3.05) is 19.0 Å². The van der Waals surface area contributed by atoms with Gasteiger partial charge in [0.1, 0.15) is 0 Å². The van der Waals surface area contributed by atoms with Crippen LogP contribution in [0.3, 0.4) is 0 Å². The third kappa shape index (κ3) is 4.36. The van der Waals surface area contributed by atoms with Gasteiger partial charge in [0.25, 0.3) is 11.5 Å². The minimum absolute atomic E-state index is 0.147. The number of hydrogen-bond donors (Lipinski definition) is 1. The molecule has 5 rings (SSSR count). The van der Waals surface area contributed by atoms with Crippen LogP contribution in [0, 0.1) is 13.8 Å². The number of carbonyl (C=O) groups excluding carboxylic acids is 1. The number of anilines is 1. The van der Waals surface area contributed by atoms with E-state index in [9.17, 15) is 9.59 Å². The molecule has 2 aromatic heterocycles. The lowest BCUT2D eigenvalue weighted by Crippen LogP contribution is -2.23. The highest BCUT2D eigenvalue weighted by atomic mass is 32.1. The summed E-state index contributed by atoms with van der Waals surface area (Å²) in [6.45, 7) is 3.84. The van der Waals surface area contributed by atoms with Crippen LogP contribution in [0.5, 0.6) is 11.5 Å². The average Bonchev–Trinajstić information content (AvgIpc) is 3.34. The van der Waals surface area contributed by atoms with E-state index >= 15 is 0 Å². The largest absolute Gasteiger partial charge is 0.493 e. The van der Waals surface area contributed by atoms with Crippen LogP contribution >= 0.6 is 11.3 Å². The summed E-state index contributed by atoms with van der Waals surface area (Å²) in [5, 5.41) is 2.79. The Balaban J connectivity index is 1.51. The fourth-order valence-corrected chi connectivity index (χ4v) is 4.86. The number of carbonyl (C=O) groups is 1. The molecule has 0 fully saturated rings. The van der Waals surface area contributed by atoms with Crippen LogP contribution in [0.4, 0.5) is 5.69 Å². The van der Waals surface area contributed by atoms with E-state index in [0.717, 1.165) is 22.2 Å².